The van der Waals surface area contributed by atoms with E-state index in [9.17, 15) is 5.11 Å². The zero-order chi connectivity index (χ0) is 15.8. The highest BCUT2D eigenvalue weighted by molar-refractivity contribution is 5.80. The normalized spacial score (nSPS) is 26.7. The molecule has 0 saturated carbocycles. The maximum Gasteiger partial charge on any atom is 0.121 e. The van der Waals surface area contributed by atoms with E-state index in [1.54, 1.807) is 0 Å². The summed E-state index contributed by atoms with van der Waals surface area (Å²) in [6.45, 7) is 3.30. The number of likely N-dealkylation sites (N-methyl/N-ethyl adjacent to an activating group) is 1. The molecular formula is C18H25N3O2. The molecule has 3 heterocycles. The van der Waals surface area contributed by atoms with Crippen molar-refractivity contribution in [1.29, 1.82) is 0 Å². The first-order valence-electron chi connectivity index (χ1n) is 8.51. The van der Waals surface area contributed by atoms with Crippen molar-refractivity contribution in [3.63, 3.8) is 0 Å². The maximum absolute atomic E-state index is 10.4. The van der Waals surface area contributed by atoms with Gasteiger partial charge in [0.15, 0.2) is 0 Å². The summed E-state index contributed by atoms with van der Waals surface area (Å²) < 4.78 is 5.79. The van der Waals surface area contributed by atoms with Crippen molar-refractivity contribution < 1.29 is 9.84 Å². The van der Waals surface area contributed by atoms with Crippen LogP contribution >= 0.6 is 0 Å². The van der Waals surface area contributed by atoms with Crippen LogP contribution in [-0.4, -0.2) is 71.4 Å². The van der Waals surface area contributed by atoms with E-state index in [2.05, 4.69) is 21.8 Å². The lowest BCUT2D eigenvalue weighted by Crippen LogP contribution is -2.54. The average molecular weight is 315 g/mol. The van der Waals surface area contributed by atoms with Gasteiger partial charge >= 0.3 is 0 Å². The van der Waals surface area contributed by atoms with Crippen LogP contribution in [0.25, 0.3) is 10.9 Å². The Bertz CT molecular complexity index is 657. The van der Waals surface area contributed by atoms with Crippen LogP contribution < -0.4 is 4.74 Å². The molecule has 0 amide bonds. The van der Waals surface area contributed by atoms with Crippen LogP contribution in [0.3, 0.4) is 0 Å². The molecule has 124 valence electrons. The molecule has 5 nitrogen and oxygen atoms in total. The van der Waals surface area contributed by atoms with Gasteiger partial charge in [-0.2, -0.15) is 0 Å². The zero-order valence-electron chi connectivity index (χ0n) is 13.6. The second-order valence-corrected chi connectivity index (χ2v) is 6.99. The van der Waals surface area contributed by atoms with Gasteiger partial charge in [0.05, 0.1) is 0 Å². The zero-order valence-corrected chi connectivity index (χ0v) is 13.6. The quantitative estimate of drug-likeness (QED) is 0.881. The fraction of sp³-hybridized carbons (Fsp3) is 0.556. The first-order chi connectivity index (χ1) is 11.2. The van der Waals surface area contributed by atoms with Crippen molar-refractivity contribution in [3.8, 4) is 5.75 Å². The second kappa shape index (κ2) is 6.15. The number of H-pyrrole nitrogens is 1. The van der Waals surface area contributed by atoms with Gasteiger partial charge in [0.25, 0.3) is 0 Å². The highest BCUT2D eigenvalue weighted by atomic mass is 16.5. The molecular weight excluding hydrogens is 290 g/mol. The first-order valence-corrected chi connectivity index (χ1v) is 8.51. The molecule has 1 aromatic carbocycles. The summed E-state index contributed by atoms with van der Waals surface area (Å²) in [6, 6.07) is 9.22. The molecule has 2 N–H and O–H groups in total. The van der Waals surface area contributed by atoms with Gasteiger partial charge in [-0.1, -0.05) is 0 Å². The summed E-state index contributed by atoms with van der Waals surface area (Å²) in [6.07, 6.45) is 3.99. The van der Waals surface area contributed by atoms with Crippen molar-refractivity contribution in [2.75, 3.05) is 33.3 Å². The minimum atomic E-state index is -0.444. The number of aliphatic hydroxyl groups excluding tert-OH is 1. The number of likely N-dealkylation sites (tertiary alicyclic amines) is 1. The lowest BCUT2D eigenvalue weighted by molar-refractivity contribution is 0.0174. The number of nitrogens with zero attached hydrogens (tertiary/aromatic N) is 2. The van der Waals surface area contributed by atoms with Gasteiger partial charge in [-0.05, 0) is 43.5 Å². The number of hydrogen-bond donors (Lipinski definition) is 2. The van der Waals surface area contributed by atoms with E-state index in [0.717, 1.165) is 24.4 Å². The van der Waals surface area contributed by atoms with E-state index in [4.69, 9.17) is 4.74 Å². The Hall–Kier alpha value is -1.56. The maximum atomic E-state index is 10.4. The Labute approximate surface area is 136 Å². The lowest BCUT2D eigenvalue weighted by Gasteiger charge is -2.40. The third kappa shape index (κ3) is 3.09. The Balaban J connectivity index is 1.32. The highest BCUT2D eigenvalue weighted by Gasteiger charge is 2.39. The molecule has 4 rings (SSSR count). The Morgan fingerprint density at radius 2 is 2.04 bits per heavy atom. The van der Waals surface area contributed by atoms with Crippen LogP contribution in [0.2, 0.25) is 0 Å². The molecule has 3 atom stereocenters. The van der Waals surface area contributed by atoms with Gasteiger partial charge in [-0.25, -0.2) is 0 Å². The minimum Gasteiger partial charge on any atom is -0.491 e. The van der Waals surface area contributed by atoms with Crippen LogP contribution in [0.1, 0.15) is 12.8 Å². The second-order valence-electron chi connectivity index (χ2n) is 6.99. The average Bonchev–Trinajstić information content (AvgIpc) is 3.08. The minimum absolute atomic E-state index is 0.345. The number of aromatic amines is 1. The van der Waals surface area contributed by atoms with Gasteiger partial charge in [0, 0.05) is 49.5 Å². The summed E-state index contributed by atoms with van der Waals surface area (Å²) in [4.78, 5) is 8.08. The number of benzene rings is 1. The predicted molar refractivity (Wildman–Crippen MR) is 90.8 cm³/mol. The smallest absolute Gasteiger partial charge is 0.121 e. The number of fused-ring (bicyclic) bond motifs is 3. The van der Waals surface area contributed by atoms with Crippen molar-refractivity contribution in [2.24, 2.45) is 0 Å². The largest absolute Gasteiger partial charge is 0.491 e. The Kier molecular flexibility index (Phi) is 4.01. The van der Waals surface area contributed by atoms with Crippen molar-refractivity contribution in [3.05, 3.63) is 30.5 Å². The molecule has 23 heavy (non-hydrogen) atoms. The van der Waals surface area contributed by atoms with Gasteiger partial charge in [0.1, 0.15) is 18.5 Å². The monoisotopic (exact) mass is 315 g/mol. The fourth-order valence-corrected chi connectivity index (χ4v) is 4.10. The molecule has 5 heteroatoms. The fourth-order valence-electron chi connectivity index (χ4n) is 4.10. The molecule has 0 spiro atoms. The molecule has 2 bridgehead atoms. The van der Waals surface area contributed by atoms with E-state index in [1.807, 2.05) is 30.5 Å². The molecule has 2 saturated heterocycles. The first kappa shape index (κ1) is 15.0. The number of hydrogen-bond acceptors (Lipinski definition) is 4. The van der Waals surface area contributed by atoms with Crippen LogP contribution in [0, 0.1) is 0 Å². The number of rotatable bonds is 5. The number of aliphatic hydroxyl groups is 1. The summed E-state index contributed by atoms with van der Waals surface area (Å²) in [5.41, 5.74) is 1.06. The highest BCUT2D eigenvalue weighted by Crippen LogP contribution is 2.29. The molecule has 3 unspecified atom stereocenters. The molecule has 2 aliphatic heterocycles. The molecule has 2 fully saturated rings. The summed E-state index contributed by atoms with van der Waals surface area (Å²) in [5, 5.41) is 11.6. The number of piperazine rings is 1. The van der Waals surface area contributed by atoms with Crippen molar-refractivity contribution >= 4 is 10.9 Å². The molecule has 2 aliphatic rings. The van der Waals surface area contributed by atoms with Crippen LogP contribution in [0.4, 0.5) is 0 Å². The third-order valence-corrected chi connectivity index (χ3v) is 5.21. The molecule has 2 aromatic rings. The summed E-state index contributed by atoms with van der Waals surface area (Å²) in [5.74, 6) is 0.806. The van der Waals surface area contributed by atoms with E-state index < -0.39 is 6.10 Å². The Morgan fingerprint density at radius 3 is 2.83 bits per heavy atom. The van der Waals surface area contributed by atoms with E-state index in [0.29, 0.717) is 25.2 Å². The lowest BCUT2D eigenvalue weighted by atomic mass is 10.2. The Morgan fingerprint density at radius 1 is 1.26 bits per heavy atom. The van der Waals surface area contributed by atoms with E-state index in [-0.39, 0.29) is 0 Å². The van der Waals surface area contributed by atoms with Crippen molar-refractivity contribution in [1.82, 2.24) is 14.8 Å². The third-order valence-electron chi connectivity index (χ3n) is 5.21. The van der Waals surface area contributed by atoms with Gasteiger partial charge in [-0.15, -0.1) is 0 Å². The number of aromatic nitrogens is 1. The van der Waals surface area contributed by atoms with Crippen molar-refractivity contribution in [2.45, 2.75) is 31.0 Å². The standard InChI is InChI=1S/C18H25N3O2/c1-20-9-14-3-4-15(10-20)21(14)11-16(22)12-23-17-5-2-13-6-7-19-18(13)8-17/h2,5-8,14-16,19,22H,3-4,9-12H2,1H3. The summed E-state index contributed by atoms with van der Waals surface area (Å²) >= 11 is 0. The van der Waals surface area contributed by atoms with Gasteiger partial charge in [-0.3, -0.25) is 4.90 Å². The molecule has 1 aromatic heterocycles. The van der Waals surface area contributed by atoms with Crippen LogP contribution in [0.5, 0.6) is 5.75 Å². The van der Waals surface area contributed by atoms with Crippen LogP contribution in [0.15, 0.2) is 30.5 Å². The van der Waals surface area contributed by atoms with Crippen LogP contribution in [-0.2, 0) is 0 Å². The number of nitrogens with one attached hydrogen (secondary N) is 1. The molecule has 0 radical (unpaired) electrons. The SMILES string of the molecule is CN1CC2CCC(C1)N2CC(O)COc1ccc2cc[nH]c2c1. The summed E-state index contributed by atoms with van der Waals surface area (Å²) in [7, 11) is 2.19. The van der Waals surface area contributed by atoms with Gasteiger partial charge < -0.3 is 19.7 Å². The van der Waals surface area contributed by atoms with E-state index >= 15 is 0 Å². The predicted octanol–water partition coefficient (Wildman–Crippen LogP) is 1.69. The number of ether oxygens (including phenoxy) is 1. The van der Waals surface area contributed by atoms with E-state index in [1.165, 1.54) is 18.2 Å². The van der Waals surface area contributed by atoms with Gasteiger partial charge in [0.2, 0.25) is 0 Å². The topological polar surface area (TPSA) is 51.7 Å². The molecule has 0 aliphatic carbocycles.